The molecule has 0 aliphatic heterocycles. The van der Waals surface area contributed by atoms with Gasteiger partial charge in [0.05, 0.1) is 18.8 Å². The predicted octanol–water partition coefficient (Wildman–Crippen LogP) is 4.18. The highest BCUT2D eigenvalue weighted by Crippen LogP contribution is 2.30. The number of para-hydroxylation sites is 1. The monoisotopic (exact) mass is 421 g/mol. The van der Waals surface area contributed by atoms with E-state index in [4.69, 9.17) is 9.47 Å². The van der Waals surface area contributed by atoms with E-state index < -0.39 is 6.10 Å². The topological polar surface area (TPSA) is 69.4 Å². The molecule has 1 heterocycles. The summed E-state index contributed by atoms with van der Waals surface area (Å²) in [7, 11) is 3.54. The van der Waals surface area contributed by atoms with Crippen LogP contribution < -0.4 is 9.47 Å². The molecule has 7 heteroatoms. The van der Waals surface area contributed by atoms with Gasteiger partial charge in [-0.25, -0.2) is 0 Å². The third kappa shape index (κ3) is 4.42. The zero-order valence-corrected chi connectivity index (χ0v) is 17.7. The highest BCUT2D eigenvalue weighted by molar-refractivity contribution is 7.99. The second-order valence-corrected chi connectivity index (χ2v) is 7.84. The fourth-order valence-electron chi connectivity index (χ4n) is 3.17. The molecule has 0 amide bonds. The van der Waals surface area contributed by atoms with Crippen molar-refractivity contribution in [2.75, 3.05) is 19.5 Å². The van der Waals surface area contributed by atoms with E-state index in [2.05, 4.69) is 16.3 Å². The molecule has 3 aromatic carbocycles. The van der Waals surface area contributed by atoms with Gasteiger partial charge >= 0.3 is 0 Å². The van der Waals surface area contributed by atoms with Gasteiger partial charge in [0.1, 0.15) is 18.1 Å². The predicted molar refractivity (Wildman–Crippen MR) is 119 cm³/mol. The Bertz CT molecular complexity index is 1150. The van der Waals surface area contributed by atoms with E-state index in [1.54, 1.807) is 7.11 Å². The van der Waals surface area contributed by atoms with Gasteiger partial charge < -0.3 is 19.1 Å². The third-order valence-electron chi connectivity index (χ3n) is 4.75. The van der Waals surface area contributed by atoms with Crippen LogP contribution in [-0.2, 0) is 7.05 Å². The number of aliphatic hydroxyl groups is 1. The zero-order chi connectivity index (χ0) is 20.9. The van der Waals surface area contributed by atoms with Crippen molar-refractivity contribution < 1.29 is 14.6 Å². The minimum atomic E-state index is -0.632. The van der Waals surface area contributed by atoms with Crippen molar-refractivity contribution in [3.63, 3.8) is 0 Å². The van der Waals surface area contributed by atoms with Gasteiger partial charge in [-0.15, -0.1) is 10.2 Å². The van der Waals surface area contributed by atoms with Gasteiger partial charge in [0, 0.05) is 12.8 Å². The first-order chi connectivity index (χ1) is 14.7. The zero-order valence-electron chi connectivity index (χ0n) is 16.9. The summed E-state index contributed by atoms with van der Waals surface area (Å²) in [6, 6.07) is 21.7. The lowest BCUT2D eigenvalue weighted by Crippen LogP contribution is -2.20. The molecule has 0 saturated heterocycles. The molecular formula is C23H23N3O3S. The van der Waals surface area contributed by atoms with Crippen LogP contribution in [0.1, 0.15) is 0 Å². The summed E-state index contributed by atoms with van der Waals surface area (Å²) in [5.41, 5.74) is 0.877. The minimum Gasteiger partial charge on any atom is -0.496 e. The van der Waals surface area contributed by atoms with E-state index in [0.717, 1.165) is 38.8 Å². The van der Waals surface area contributed by atoms with Crippen molar-refractivity contribution in [3.8, 4) is 22.9 Å². The molecule has 6 nitrogen and oxygen atoms in total. The summed E-state index contributed by atoms with van der Waals surface area (Å²) in [6.45, 7) is 0.211. The average Bonchev–Trinajstić information content (AvgIpc) is 3.16. The second-order valence-electron chi connectivity index (χ2n) is 6.85. The maximum absolute atomic E-state index is 10.4. The summed E-state index contributed by atoms with van der Waals surface area (Å²) < 4.78 is 13.1. The van der Waals surface area contributed by atoms with Crippen LogP contribution >= 0.6 is 11.8 Å². The maximum atomic E-state index is 10.4. The van der Waals surface area contributed by atoms with E-state index in [1.165, 1.54) is 11.8 Å². The van der Waals surface area contributed by atoms with E-state index in [1.807, 2.05) is 72.3 Å². The van der Waals surface area contributed by atoms with Gasteiger partial charge in [-0.2, -0.15) is 0 Å². The molecule has 1 atom stereocenters. The maximum Gasteiger partial charge on any atom is 0.191 e. The molecule has 154 valence electrons. The van der Waals surface area contributed by atoms with Gasteiger partial charge in [-0.1, -0.05) is 54.2 Å². The molecule has 30 heavy (non-hydrogen) atoms. The first kappa shape index (κ1) is 20.3. The number of aliphatic hydroxyl groups excluding tert-OH is 1. The number of ether oxygens (including phenoxy) is 2. The summed E-state index contributed by atoms with van der Waals surface area (Å²) >= 11 is 1.44. The fourth-order valence-corrected chi connectivity index (χ4v) is 3.99. The molecule has 4 aromatic rings. The summed E-state index contributed by atoms with van der Waals surface area (Å²) in [5.74, 6) is 2.66. The molecule has 0 aliphatic rings. The van der Waals surface area contributed by atoms with Crippen LogP contribution in [0.2, 0.25) is 0 Å². The van der Waals surface area contributed by atoms with Gasteiger partial charge in [0.2, 0.25) is 0 Å². The van der Waals surface area contributed by atoms with Crippen molar-refractivity contribution in [3.05, 3.63) is 66.7 Å². The van der Waals surface area contributed by atoms with Gasteiger partial charge in [0.15, 0.2) is 11.0 Å². The quantitative estimate of drug-likeness (QED) is 0.431. The standard InChI is InChI=1S/C23H23N3O3S/c1-26-22(20-9-5-6-10-21(20)28-2)24-25-23(26)30-15-18(27)14-29-19-12-11-16-7-3-4-8-17(16)13-19/h3-13,18,27H,14-15H2,1-2H3. The number of methoxy groups -OCH3 is 1. The molecule has 1 unspecified atom stereocenters. The number of nitrogens with zero attached hydrogens (tertiary/aromatic N) is 3. The second kappa shape index (κ2) is 9.19. The Balaban J connectivity index is 1.36. The van der Waals surface area contributed by atoms with E-state index >= 15 is 0 Å². The van der Waals surface area contributed by atoms with Crippen LogP contribution in [0.4, 0.5) is 0 Å². The Morgan fingerprint density at radius 1 is 1.00 bits per heavy atom. The lowest BCUT2D eigenvalue weighted by Gasteiger charge is -2.12. The van der Waals surface area contributed by atoms with E-state index in [-0.39, 0.29) is 6.61 Å². The SMILES string of the molecule is COc1ccccc1-c1nnc(SCC(O)COc2ccc3ccccc3c2)n1C. The summed E-state index contributed by atoms with van der Waals surface area (Å²) in [4.78, 5) is 0. The molecule has 0 radical (unpaired) electrons. The Kier molecular flexibility index (Phi) is 6.21. The summed E-state index contributed by atoms with van der Waals surface area (Å²) in [6.07, 6.45) is -0.632. The van der Waals surface area contributed by atoms with Crippen LogP contribution in [0.25, 0.3) is 22.2 Å². The Hall–Kier alpha value is -3.03. The summed E-state index contributed by atoms with van der Waals surface area (Å²) in [5, 5.41) is 21.9. The number of thioether (sulfide) groups is 1. The molecule has 0 bridgehead atoms. The van der Waals surface area contributed by atoms with Crippen molar-refractivity contribution in [2.45, 2.75) is 11.3 Å². The first-order valence-electron chi connectivity index (χ1n) is 9.61. The number of benzene rings is 3. The molecule has 1 aromatic heterocycles. The molecule has 0 fully saturated rings. The number of rotatable bonds is 8. The lowest BCUT2D eigenvalue weighted by atomic mass is 10.1. The molecular weight excluding hydrogens is 398 g/mol. The van der Waals surface area contributed by atoms with Gasteiger partial charge in [-0.3, -0.25) is 0 Å². The van der Waals surface area contributed by atoms with Crippen molar-refractivity contribution in [2.24, 2.45) is 7.05 Å². The van der Waals surface area contributed by atoms with Crippen LogP contribution in [0, 0.1) is 0 Å². The van der Waals surface area contributed by atoms with Crippen LogP contribution in [0.15, 0.2) is 71.9 Å². The highest BCUT2D eigenvalue weighted by Gasteiger charge is 2.16. The number of hydrogen-bond acceptors (Lipinski definition) is 6. The molecule has 4 rings (SSSR count). The van der Waals surface area contributed by atoms with Crippen molar-refractivity contribution in [1.29, 1.82) is 0 Å². The van der Waals surface area contributed by atoms with Crippen molar-refractivity contribution in [1.82, 2.24) is 14.8 Å². The number of hydrogen-bond donors (Lipinski definition) is 1. The lowest BCUT2D eigenvalue weighted by molar-refractivity contribution is 0.126. The first-order valence-corrected chi connectivity index (χ1v) is 10.6. The average molecular weight is 422 g/mol. The number of aromatic nitrogens is 3. The van der Waals surface area contributed by atoms with Crippen LogP contribution in [0.3, 0.4) is 0 Å². The van der Waals surface area contributed by atoms with Gasteiger partial charge in [-0.05, 0) is 35.0 Å². The van der Waals surface area contributed by atoms with Crippen LogP contribution in [0.5, 0.6) is 11.5 Å². The third-order valence-corrected chi connectivity index (χ3v) is 5.92. The molecule has 0 saturated carbocycles. The number of fused-ring (bicyclic) bond motifs is 1. The van der Waals surface area contributed by atoms with Crippen LogP contribution in [-0.4, -0.2) is 45.4 Å². The smallest absolute Gasteiger partial charge is 0.191 e. The Morgan fingerprint density at radius 2 is 1.77 bits per heavy atom. The van der Waals surface area contributed by atoms with E-state index in [0.29, 0.717) is 5.75 Å². The Labute approximate surface area is 179 Å². The fraction of sp³-hybridized carbons (Fsp3) is 0.217. The van der Waals surface area contributed by atoms with E-state index in [9.17, 15) is 5.11 Å². The normalized spacial score (nSPS) is 12.1. The molecule has 0 aliphatic carbocycles. The molecule has 1 N–H and O–H groups in total. The Morgan fingerprint density at radius 3 is 2.60 bits per heavy atom. The highest BCUT2D eigenvalue weighted by atomic mass is 32.2. The largest absolute Gasteiger partial charge is 0.496 e. The minimum absolute atomic E-state index is 0.211. The molecule has 0 spiro atoms. The van der Waals surface area contributed by atoms with Crippen molar-refractivity contribution >= 4 is 22.5 Å². The van der Waals surface area contributed by atoms with Gasteiger partial charge in [0.25, 0.3) is 0 Å².